The smallest absolute Gasteiger partial charge is 0.189 e. The molecule has 0 spiro atoms. The van der Waals surface area contributed by atoms with Crippen LogP contribution in [0.2, 0.25) is 0 Å². The molecular formula is C9H12Cl2O3. The molecule has 0 aromatic carbocycles. The molecule has 0 fully saturated rings. The van der Waals surface area contributed by atoms with Crippen LogP contribution >= 0.6 is 23.2 Å². The van der Waals surface area contributed by atoms with E-state index in [-0.39, 0.29) is 5.38 Å². The zero-order valence-corrected chi connectivity index (χ0v) is 9.16. The van der Waals surface area contributed by atoms with E-state index in [1.807, 2.05) is 0 Å². The molecule has 1 aliphatic rings. The van der Waals surface area contributed by atoms with Gasteiger partial charge < -0.3 is 14.9 Å². The fourth-order valence-corrected chi connectivity index (χ4v) is 1.54. The molecule has 0 aromatic heterocycles. The summed E-state index contributed by atoms with van der Waals surface area (Å²) in [5, 5.41) is 17.9. The van der Waals surface area contributed by atoms with Gasteiger partial charge in [0.25, 0.3) is 0 Å². The molecule has 0 aliphatic heterocycles. The largest absolute Gasteiger partial charge is 0.484 e. The van der Waals surface area contributed by atoms with Gasteiger partial charge in [-0.05, 0) is 25.5 Å². The molecule has 2 N–H and O–H groups in total. The lowest BCUT2D eigenvalue weighted by Gasteiger charge is -2.21. The van der Waals surface area contributed by atoms with E-state index in [1.165, 1.54) is 0 Å². The van der Waals surface area contributed by atoms with Gasteiger partial charge in [0.05, 0.1) is 10.4 Å². The SMILES string of the molecule is CC(OC1=CCC(Cl)C=C1Cl)C(O)O. The number of rotatable bonds is 3. The van der Waals surface area contributed by atoms with Crippen molar-refractivity contribution in [3.63, 3.8) is 0 Å². The summed E-state index contributed by atoms with van der Waals surface area (Å²) in [5.41, 5.74) is 0. The summed E-state index contributed by atoms with van der Waals surface area (Å²) in [6.45, 7) is 1.54. The maximum absolute atomic E-state index is 8.80. The summed E-state index contributed by atoms with van der Waals surface area (Å²) in [6, 6.07) is 0. The number of allylic oxidation sites excluding steroid dienone is 3. The molecule has 80 valence electrons. The standard InChI is InChI=1S/C9H12Cl2O3/c1-5(9(12)13)14-8-3-2-6(10)4-7(8)11/h3-6,9,12-13H,2H2,1H3. The Bertz CT molecular complexity index is 261. The Morgan fingerprint density at radius 2 is 2.21 bits per heavy atom. The molecule has 2 unspecified atom stereocenters. The van der Waals surface area contributed by atoms with Gasteiger partial charge in [-0.1, -0.05) is 11.6 Å². The second kappa shape index (κ2) is 5.03. The van der Waals surface area contributed by atoms with E-state index in [0.717, 1.165) is 0 Å². The van der Waals surface area contributed by atoms with Crippen LogP contribution in [-0.4, -0.2) is 28.0 Å². The summed E-state index contributed by atoms with van der Waals surface area (Å²) in [6.07, 6.45) is 1.79. The van der Waals surface area contributed by atoms with E-state index in [1.54, 1.807) is 19.1 Å². The Morgan fingerprint density at radius 3 is 2.71 bits per heavy atom. The van der Waals surface area contributed by atoms with Gasteiger partial charge in [-0.25, -0.2) is 0 Å². The molecule has 5 heteroatoms. The molecule has 3 nitrogen and oxygen atoms in total. The van der Waals surface area contributed by atoms with Crippen LogP contribution in [0, 0.1) is 0 Å². The highest BCUT2D eigenvalue weighted by molar-refractivity contribution is 6.33. The molecule has 0 radical (unpaired) electrons. The fraction of sp³-hybridized carbons (Fsp3) is 0.556. The topological polar surface area (TPSA) is 49.7 Å². The molecule has 0 amide bonds. The van der Waals surface area contributed by atoms with Crippen LogP contribution < -0.4 is 0 Å². The normalized spacial score (nSPS) is 24.3. The van der Waals surface area contributed by atoms with Gasteiger partial charge in [-0.3, -0.25) is 0 Å². The second-order valence-electron chi connectivity index (χ2n) is 3.07. The minimum atomic E-state index is -1.52. The first-order valence-electron chi connectivity index (χ1n) is 4.25. The Labute approximate surface area is 92.6 Å². The maximum atomic E-state index is 8.80. The van der Waals surface area contributed by atoms with Crippen molar-refractivity contribution < 1.29 is 14.9 Å². The first kappa shape index (κ1) is 11.9. The zero-order chi connectivity index (χ0) is 10.7. The van der Waals surface area contributed by atoms with Gasteiger partial charge in [0.15, 0.2) is 6.29 Å². The molecule has 0 heterocycles. The molecule has 0 saturated carbocycles. The number of ether oxygens (including phenoxy) is 1. The summed E-state index contributed by atoms with van der Waals surface area (Å²) in [5.74, 6) is 0.448. The van der Waals surface area contributed by atoms with Crippen LogP contribution in [-0.2, 0) is 4.74 Å². The van der Waals surface area contributed by atoms with Crippen LogP contribution in [0.4, 0.5) is 0 Å². The molecule has 14 heavy (non-hydrogen) atoms. The molecule has 0 bridgehead atoms. The van der Waals surface area contributed by atoms with Crippen LogP contribution in [0.25, 0.3) is 0 Å². The maximum Gasteiger partial charge on any atom is 0.189 e. The van der Waals surface area contributed by atoms with Crippen molar-refractivity contribution in [3.05, 3.63) is 22.9 Å². The monoisotopic (exact) mass is 238 g/mol. The summed E-state index contributed by atoms with van der Waals surface area (Å²) >= 11 is 11.7. The van der Waals surface area contributed by atoms with Gasteiger partial charge in [-0.2, -0.15) is 0 Å². The molecule has 2 atom stereocenters. The van der Waals surface area contributed by atoms with Crippen LogP contribution in [0.15, 0.2) is 22.9 Å². The number of alkyl halides is 1. The van der Waals surface area contributed by atoms with Crippen molar-refractivity contribution in [1.29, 1.82) is 0 Å². The lowest BCUT2D eigenvalue weighted by molar-refractivity contribution is -0.122. The predicted molar refractivity (Wildman–Crippen MR) is 55.0 cm³/mol. The average Bonchev–Trinajstić information content (AvgIpc) is 2.09. The molecule has 1 rings (SSSR count). The van der Waals surface area contributed by atoms with Gasteiger partial charge in [-0.15, -0.1) is 11.6 Å². The van der Waals surface area contributed by atoms with Crippen molar-refractivity contribution in [2.45, 2.75) is 31.1 Å². The van der Waals surface area contributed by atoms with E-state index in [4.69, 9.17) is 38.2 Å². The van der Waals surface area contributed by atoms with Gasteiger partial charge in [0.2, 0.25) is 0 Å². The fourth-order valence-electron chi connectivity index (χ4n) is 0.992. The first-order valence-corrected chi connectivity index (χ1v) is 5.07. The molecule has 0 saturated heterocycles. The van der Waals surface area contributed by atoms with Crippen molar-refractivity contribution in [2.75, 3.05) is 0 Å². The average molecular weight is 239 g/mol. The Morgan fingerprint density at radius 1 is 1.57 bits per heavy atom. The zero-order valence-electron chi connectivity index (χ0n) is 7.65. The first-order chi connectivity index (χ1) is 6.50. The van der Waals surface area contributed by atoms with Gasteiger partial charge >= 0.3 is 0 Å². The Balaban J connectivity index is 2.58. The third-order valence-electron chi connectivity index (χ3n) is 1.82. The van der Waals surface area contributed by atoms with E-state index >= 15 is 0 Å². The number of aliphatic hydroxyl groups excluding tert-OH is 1. The molecule has 1 aliphatic carbocycles. The number of aliphatic hydroxyl groups is 2. The minimum Gasteiger partial charge on any atom is -0.484 e. The van der Waals surface area contributed by atoms with E-state index in [2.05, 4.69) is 0 Å². The van der Waals surface area contributed by atoms with E-state index in [9.17, 15) is 0 Å². The third kappa shape index (κ3) is 3.17. The van der Waals surface area contributed by atoms with Crippen molar-refractivity contribution in [3.8, 4) is 0 Å². The summed E-state index contributed by atoms with van der Waals surface area (Å²) < 4.78 is 5.22. The number of hydrogen-bond acceptors (Lipinski definition) is 3. The van der Waals surface area contributed by atoms with Crippen molar-refractivity contribution >= 4 is 23.2 Å². The van der Waals surface area contributed by atoms with Gasteiger partial charge in [0.1, 0.15) is 11.9 Å². The lowest BCUT2D eigenvalue weighted by atomic mass is 10.1. The van der Waals surface area contributed by atoms with Crippen LogP contribution in [0.3, 0.4) is 0 Å². The molecular weight excluding hydrogens is 227 g/mol. The summed E-state index contributed by atoms with van der Waals surface area (Å²) in [7, 11) is 0. The second-order valence-corrected chi connectivity index (χ2v) is 4.04. The number of hydrogen-bond donors (Lipinski definition) is 2. The summed E-state index contributed by atoms with van der Waals surface area (Å²) in [4.78, 5) is 0. The number of halogens is 2. The quantitative estimate of drug-likeness (QED) is 0.582. The molecule has 0 aromatic rings. The van der Waals surface area contributed by atoms with E-state index in [0.29, 0.717) is 17.2 Å². The van der Waals surface area contributed by atoms with Crippen LogP contribution in [0.1, 0.15) is 13.3 Å². The Kier molecular flexibility index (Phi) is 4.26. The Hall–Kier alpha value is -0.220. The van der Waals surface area contributed by atoms with Crippen molar-refractivity contribution in [1.82, 2.24) is 0 Å². The van der Waals surface area contributed by atoms with Gasteiger partial charge in [0, 0.05) is 0 Å². The minimum absolute atomic E-state index is 0.121. The highest BCUT2D eigenvalue weighted by atomic mass is 35.5. The highest BCUT2D eigenvalue weighted by Crippen LogP contribution is 2.26. The third-order valence-corrected chi connectivity index (χ3v) is 2.44. The predicted octanol–water partition coefficient (Wildman–Crippen LogP) is 1.72. The van der Waals surface area contributed by atoms with Crippen molar-refractivity contribution in [2.24, 2.45) is 0 Å². The highest BCUT2D eigenvalue weighted by Gasteiger charge is 2.18. The lowest BCUT2D eigenvalue weighted by Crippen LogP contribution is -2.25. The van der Waals surface area contributed by atoms with Crippen LogP contribution in [0.5, 0.6) is 0 Å². The van der Waals surface area contributed by atoms with E-state index < -0.39 is 12.4 Å².